The van der Waals surface area contributed by atoms with Gasteiger partial charge in [0.25, 0.3) is 0 Å². The Bertz CT molecular complexity index is 1310. The Morgan fingerprint density at radius 1 is 0.946 bits per heavy atom. The van der Waals surface area contributed by atoms with E-state index in [0.717, 1.165) is 41.2 Å². The lowest BCUT2D eigenvalue weighted by atomic mass is 9.70. The maximum absolute atomic E-state index is 5.55. The monoisotopic (exact) mass is 497 g/mol. The fourth-order valence-corrected chi connectivity index (χ4v) is 5.05. The van der Waals surface area contributed by atoms with Gasteiger partial charge in [0.2, 0.25) is 11.7 Å². The third kappa shape index (κ3) is 5.27. The summed E-state index contributed by atoms with van der Waals surface area (Å²) in [6.45, 7) is 9.64. The van der Waals surface area contributed by atoms with Crippen LogP contribution in [0.2, 0.25) is 0 Å². The van der Waals surface area contributed by atoms with Crippen LogP contribution in [0, 0.1) is 5.92 Å². The van der Waals surface area contributed by atoms with E-state index < -0.39 is 0 Å². The number of pyridine rings is 2. The summed E-state index contributed by atoms with van der Waals surface area (Å²) in [6.07, 6.45) is 9.22. The van der Waals surface area contributed by atoms with E-state index in [4.69, 9.17) is 14.2 Å². The van der Waals surface area contributed by atoms with Crippen LogP contribution in [0.5, 0.6) is 5.75 Å². The quantitative estimate of drug-likeness (QED) is 0.289. The minimum atomic E-state index is -0.264. The lowest BCUT2D eigenvalue weighted by molar-refractivity contribution is 0.193. The molecular formula is C30H35N5O2. The van der Waals surface area contributed by atoms with Crippen LogP contribution in [0.4, 0.5) is 0 Å². The Kier molecular flexibility index (Phi) is 7.33. The van der Waals surface area contributed by atoms with Crippen molar-refractivity contribution in [1.29, 1.82) is 0 Å². The van der Waals surface area contributed by atoms with Crippen molar-refractivity contribution in [3.05, 3.63) is 78.2 Å². The zero-order valence-electron chi connectivity index (χ0n) is 22.1. The Morgan fingerprint density at radius 3 is 2.38 bits per heavy atom. The van der Waals surface area contributed by atoms with E-state index in [1.807, 2.05) is 18.5 Å². The predicted molar refractivity (Wildman–Crippen MR) is 144 cm³/mol. The second-order valence-corrected chi connectivity index (χ2v) is 10.3. The number of benzene rings is 1. The molecule has 0 amide bonds. The van der Waals surface area contributed by atoms with Crippen LogP contribution in [-0.2, 0) is 12.0 Å². The highest BCUT2D eigenvalue weighted by Gasteiger charge is 2.34. The lowest BCUT2D eigenvalue weighted by Crippen LogP contribution is -2.31. The summed E-state index contributed by atoms with van der Waals surface area (Å²) in [4.78, 5) is 16.2. The molecule has 192 valence electrons. The van der Waals surface area contributed by atoms with Crippen molar-refractivity contribution in [2.75, 3.05) is 20.2 Å². The van der Waals surface area contributed by atoms with E-state index in [9.17, 15) is 0 Å². The molecule has 1 aliphatic rings. The molecule has 0 aliphatic carbocycles. The van der Waals surface area contributed by atoms with Gasteiger partial charge in [0.15, 0.2) is 0 Å². The second-order valence-electron chi connectivity index (χ2n) is 10.3. The first-order chi connectivity index (χ1) is 18.0. The number of hydrogen-bond donors (Lipinski definition) is 0. The van der Waals surface area contributed by atoms with Crippen molar-refractivity contribution in [3.63, 3.8) is 0 Å². The molecular weight excluding hydrogens is 462 g/mol. The molecule has 1 aromatic carbocycles. The molecule has 0 radical (unpaired) electrons. The van der Waals surface area contributed by atoms with Gasteiger partial charge in [-0.25, -0.2) is 0 Å². The van der Waals surface area contributed by atoms with E-state index in [-0.39, 0.29) is 5.41 Å². The summed E-state index contributed by atoms with van der Waals surface area (Å²) in [5.74, 6) is 2.34. The molecule has 4 aromatic rings. The molecule has 1 saturated heterocycles. The van der Waals surface area contributed by atoms with Gasteiger partial charge >= 0.3 is 0 Å². The van der Waals surface area contributed by atoms with Gasteiger partial charge < -0.3 is 9.26 Å². The minimum absolute atomic E-state index is 0.264. The van der Waals surface area contributed by atoms with Crippen LogP contribution < -0.4 is 4.74 Å². The third-order valence-electron chi connectivity index (χ3n) is 7.75. The van der Waals surface area contributed by atoms with Crippen molar-refractivity contribution in [1.82, 2.24) is 25.0 Å². The third-order valence-corrected chi connectivity index (χ3v) is 7.75. The zero-order valence-corrected chi connectivity index (χ0v) is 22.1. The number of likely N-dealkylation sites (tertiary alicyclic amines) is 1. The maximum atomic E-state index is 5.55. The standard InChI is InChI=1S/C30H35N5O2/c1-21(2)30(3,25-11-8-22(9-12-25)24-16-26(36-4)19-31-17-24)27-13-10-23(18-32-27)29-33-28(37-34-29)20-35-14-6-5-7-15-35/h8-13,16-19,21H,5-7,14-15,20H2,1-4H3. The average molecular weight is 498 g/mol. The van der Waals surface area contributed by atoms with Gasteiger partial charge in [-0.05, 0) is 68.1 Å². The highest BCUT2D eigenvalue weighted by molar-refractivity contribution is 5.64. The van der Waals surface area contributed by atoms with Crippen LogP contribution in [0.15, 0.2) is 65.6 Å². The SMILES string of the molecule is COc1cncc(-c2ccc(C(C)(c3ccc(-c4noc(CN5CCCCC5)n4)cn3)C(C)C)cc2)c1. The molecule has 7 heteroatoms. The molecule has 0 N–H and O–H groups in total. The summed E-state index contributed by atoms with van der Waals surface area (Å²) in [6, 6.07) is 14.8. The summed E-state index contributed by atoms with van der Waals surface area (Å²) >= 11 is 0. The van der Waals surface area contributed by atoms with Crippen LogP contribution in [-0.4, -0.2) is 45.2 Å². The predicted octanol–water partition coefficient (Wildman–Crippen LogP) is 6.15. The number of piperidine rings is 1. The van der Waals surface area contributed by atoms with Gasteiger partial charge in [-0.15, -0.1) is 0 Å². The number of ether oxygens (including phenoxy) is 1. The van der Waals surface area contributed by atoms with Gasteiger partial charge in [0, 0.05) is 28.9 Å². The van der Waals surface area contributed by atoms with Gasteiger partial charge in [-0.1, -0.05) is 49.7 Å². The normalized spacial score (nSPS) is 16.0. The van der Waals surface area contributed by atoms with Crippen molar-refractivity contribution in [3.8, 4) is 28.3 Å². The van der Waals surface area contributed by atoms with Gasteiger partial charge in [0.1, 0.15) is 5.75 Å². The molecule has 1 aliphatic heterocycles. The zero-order chi connectivity index (χ0) is 25.8. The molecule has 37 heavy (non-hydrogen) atoms. The summed E-state index contributed by atoms with van der Waals surface area (Å²) in [5.41, 5.74) is 4.95. The fourth-order valence-electron chi connectivity index (χ4n) is 5.05. The van der Waals surface area contributed by atoms with Gasteiger partial charge in [-0.3, -0.25) is 14.9 Å². The first kappa shape index (κ1) is 25.1. The Morgan fingerprint density at radius 2 is 1.70 bits per heavy atom. The van der Waals surface area contributed by atoms with Crippen molar-refractivity contribution >= 4 is 0 Å². The van der Waals surface area contributed by atoms with Crippen molar-refractivity contribution in [2.24, 2.45) is 5.92 Å². The summed E-state index contributed by atoms with van der Waals surface area (Å²) in [7, 11) is 1.66. The minimum Gasteiger partial charge on any atom is -0.495 e. The molecule has 7 nitrogen and oxygen atoms in total. The molecule has 1 atom stereocenters. The van der Waals surface area contributed by atoms with E-state index in [1.165, 1.54) is 24.8 Å². The van der Waals surface area contributed by atoms with Crippen LogP contribution in [0.25, 0.3) is 22.5 Å². The molecule has 3 aromatic heterocycles. The van der Waals surface area contributed by atoms with E-state index in [2.05, 4.69) is 77.2 Å². The number of hydrogen-bond acceptors (Lipinski definition) is 7. The maximum Gasteiger partial charge on any atom is 0.241 e. The van der Waals surface area contributed by atoms with Crippen LogP contribution in [0.1, 0.15) is 57.2 Å². The average Bonchev–Trinajstić information content (AvgIpc) is 3.41. The van der Waals surface area contributed by atoms with Gasteiger partial charge in [0.05, 0.1) is 25.5 Å². The van der Waals surface area contributed by atoms with Crippen LogP contribution >= 0.6 is 0 Å². The largest absolute Gasteiger partial charge is 0.495 e. The van der Waals surface area contributed by atoms with Gasteiger partial charge in [-0.2, -0.15) is 4.98 Å². The Balaban J connectivity index is 1.36. The number of rotatable bonds is 8. The fraction of sp³-hybridized carbons (Fsp3) is 0.400. The summed E-state index contributed by atoms with van der Waals surface area (Å²) in [5, 5.41) is 4.22. The lowest BCUT2D eigenvalue weighted by Gasteiger charge is -2.34. The van der Waals surface area contributed by atoms with E-state index >= 15 is 0 Å². The summed E-state index contributed by atoms with van der Waals surface area (Å²) < 4.78 is 10.9. The molecule has 0 spiro atoms. The highest BCUT2D eigenvalue weighted by atomic mass is 16.5. The molecule has 1 fully saturated rings. The van der Waals surface area contributed by atoms with E-state index in [1.54, 1.807) is 13.3 Å². The second kappa shape index (κ2) is 10.8. The smallest absolute Gasteiger partial charge is 0.241 e. The van der Waals surface area contributed by atoms with Crippen molar-refractivity contribution in [2.45, 2.75) is 52.0 Å². The topological polar surface area (TPSA) is 77.2 Å². The number of aromatic nitrogens is 4. The molecule has 0 bridgehead atoms. The molecule has 1 unspecified atom stereocenters. The van der Waals surface area contributed by atoms with Crippen molar-refractivity contribution < 1.29 is 9.26 Å². The highest BCUT2D eigenvalue weighted by Crippen LogP contribution is 2.39. The number of methoxy groups -OCH3 is 1. The van der Waals surface area contributed by atoms with Crippen LogP contribution in [0.3, 0.4) is 0 Å². The first-order valence-electron chi connectivity index (χ1n) is 13.1. The Labute approximate surface area is 218 Å². The molecule has 4 heterocycles. The first-order valence-corrected chi connectivity index (χ1v) is 13.1. The van der Waals surface area contributed by atoms with E-state index in [0.29, 0.717) is 24.2 Å². The Hall–Kier alpha value is -3.58. The molecule has 0 saturated carbocycles. The molecule has 5 rings (SSSR count). The number of nitrogens with zero attached hydrogens (tertiary/aromatic N) is 5.